The summed E-state index contributed by atoms with van der Waals surface area (Å²) >= 11 is 1.56. The number of ketones is 1. The lowest BCUT2D eigenvalue weighted by Crippen LogP contribution is -2.48. The second-order valence-corrected chi connectivity index (χ2v) is 9.77. The zero-order chi connectivity index (χ0) is 20.2. The van der Waals surface area contributed by atoms with Gasteiger partial charge in [0.15, 0.2) is 5.78 Å². The first-order valence-corrected chi connectivity index (χ1v) is 12.1. The number of thioether (sulfide) groups is 1. The third-order valence-corrected chi connectivity index (χ3v) is 8.06. The maximum atomic E-state index is 13.0. The Labute approximate surface area is 177 Å². The average molecular weight is 417 g/mol. The molecule has 2 aliphatic heterocycles. The number of Topliss-reactive ketones (excluding diaryl/α,β-unsaturated/α-hetero) is 1. The summed E-state index contributed by atoms with van der Waals surface area (Å²) in [5, 5.41) is 12.4. The Kier molecular flexibility index (Phi) is 6.93. The quantitative estimate of drug-likeness (QED) is 0.715. The van der Waals surface area contributed by atoms with Gasteiger partial charge in [-0.05, 0) is 62.0 Å². The van der Waals surface area contributed by atoms with Crippen molar-refractivity contribution in [2.45, 2.75) is 68.7 Å². The second kappa shape index (κ2) is 9.63. The molecule has 2 fully saturated rings. The van der Waals surface area contributed by atoms with Crippen LogP contribution in [0.2, 0.25) is 0 Å². The molecule has 1 aromatic carbocycles. The van der Waals surface area contributed by atoms with E-state index in [4.69, 9.17) is 0 Å². The molecule has 2 saturated heterocycles. The van der Waals surface area contributed by atoms with E-state index in [0.717, 1.165) is 38.5 Å². The van der Waals surface area contributed by atoms with Crippen molar-refractivity contribution >= 4 is 23.5 Å². The second-order valence-electron chi connectivity index (χ2n) is 8.64. The molecular formula is C23H32N2O3S. The van der Waals surface area contributed by atoms with Gasteiger partial charge in [-0.2, -0.15) is 0 Å². The number of likely N-dealkylation sites (tertiary alicyclic amines) is 1. The summed E-state index contributed by atoms with van der Waals surface area (Å²) in [5.74, 6) is 1.61. The minimum absolute atomic E-state index is 0.0331. The van der Waals surface area contributed by atoms with Gasteiger partial charge in [0, 0.05) is 24.9 Å². The fourth-order valence-corrected chi connectivity index (χ4v) is 6.39. The predicted molar refractivity (Wildman–Crippen MR) is 116 cm³/mol. The molecule has 0 spiro atoms. The first-order chi connectivity index (χ1) is 14.2. The number of rotatable bonds is 7. The number of aliphatic hydroxyl groups is 1. The van der Waals surface area contributed by atoms with Crippen LogP contribution in [0.3, 0.4) is 0 Å². The lowest BCUT2D eigenvalue weighted by Gasteiger charge is -2.28. The van der Waals surface area contributed by atoms with Crippen LogP contribution in [0.25, 0.3) is 0 Å². The van der Waals surface area contributed by atoms with Gasteiger partial charge in [0.2, 0.25) is 5.91 Å². The summed E-state index contributed by atoms with van der Waals surface area (Å²) < 4.78 is 0. The molecule has 0 radical (unpaired) electrons. The minimum Gasteiger partial charge on any atom is -0.395 e. The van der Waals surface area contributed by atoms with Crippen LogP contribution in [-0.2, 0) is 22.4 Å². The van der Waals surface area contributed by atoms with Gasteiger partial charge in [-0.3, -0.25) is 9.59 Å². The summed E-state index contributed by atoms with van der Waals surface area (Å²) in [6.45, 7) is 0.662. The topological polar surface area (TPSA) is 69.6 Å². The first-order valence-electron chi connectivity index (χ1n) is 11.0. The van der Waals surface area contributed by atoms with Crippen LogP contribution in [0.4, 0.5) is 0 Å². The van der Waals surface area contributed by atoms with E-state index in [-0.39, 0.29) is 35.6 Å². The lowest BCUT2D eigenvalue weighted by atomic mass is 9.81. The van der Waals surface area contributed by atoms with E-state index in [1.165, 1.54) is 17.5 Å². The minimum atomic E-state index is -0.296. The molecular weight excluding hydrogens is 384 g/mol. The number of carbonyl (C=O) groups is 2. The van der Waals surface area contributed by atoms with Crippen molar-refractivity contribution in [3.63, 3.8) is 0 Å². The molecule has 5 nitrogen and oxygen atoms in total. The van der Waals surface area contributed by atoms with Gasteiger partial charge in [0.05, 0.1) is 17.9 Å². The Morgan fingerprint density at radius 3 is 2.86 bits per heavy atom. The highest BCUT2D eigenvalue weighted by atomic mass is 32.2. The van der Waals surface area contributed by atoms with Crippen LogP contribution >= 0.6 is 11.8 Å². The monoisotopic (exact) mass is 416 g/mol. The van der Waals surface area contributed by atoms with E-state index in [1.807, 2.05) is 4.90 Å². The van der Waals surface area contributed by atoms with E-state index in [2.05, 4.69) is 29.6 Å². The number of benzene rings is 1. The zero-order valence-electron chi connectivity index (χ0n) is 17.0. The van der Waals surface area contributed by atoms with Crippen molar-refractivity contribution in [2.75, 3.05) is 19.0 Å². The molecule has 4 atom stereocenters. The van der Waals surface area contributed by atoms with Crippen LogP contribution < -0.4 is 5.32 Å². The van der Waals surface area contributed by atoms with Gasteiger partial charge in [-0.15, -0.1) is 11.8 Å². The summed E-state index contributed by atoms with van der Waals surface area (Å²) in [4.78, 5) is 27.7. The number of hydrogen-bond donors (Lipinski definition) is 2. The van der Waals surface area contributed by atoms with Crippen LogP contribution in [0, 0.1) is 5.92 Å². The van der Waals surface area contributed by atoms with Crippen molar-refractivity contribution in [3.8, 4) is 0 Å². The highest BCUT2D eigenvalue weighted by Crippen LogP contribution is 2.31. The molecule has 2 N–H and O–H groups in total. The molecule has 158 valence electrons. The number of hydrogen-bond acceptors (Lipinski definition) is 5. The molecule has 1 aliphatic carbocycles. The van der Waals surface area contributed by atoms with Gasteiger partial charge in [-0.25, -0.2) is 0 Å². The number of nitrogens with zero attached hydrogens (tertiary/aromatic N) is 1. The Morgan fingerprint density at radius 1 is 1.21 bits per heavy atom. The molecule has 0 saturated carbocycles. The molecule has 1 unspecified atom stereocenters. The number of aryl methyl sites for hydroxylation is 1. The summed E-state index contributed by atoms with van der Waals surface area (Å²) in [7, 11) is 0. The highest BCUT2D eigenvalue weighted by molar-refractivity contribution is 8.00. The molecule has 2 heterocycles. The first kappa shape index (κ1) is 20.9. The molecule has 0 aromatic heterocycles. The van der Waals surface area contributed by atoms with Crippen molar-refractivity contribution < 1.29 is 14.7 Å². The molecule has 3 aliphatic rings. The number of amides is 1. The van der Waals surface area contributed by atoms with E-state index >= 15 is 0 Å². The number of carbonyl (C=O) groups excluding carboxylic acids is 2. The van der Waals surface area contributed by atoms with E-state index in [1.54, 1.807) is 11.8 Å². The van der Waals surface area contributed by atoms with Gasteiger partial charge < -0.3 is 15.3 Å². The Balaban J connectivity index is 1.26. The Hall–Kier alpha value is -1.37. The third kappa shape index (κ3) is 4.70. The smallest absolute Gasteiger partial charge is 0.223 e. The van der Waals surface area contributed by atoms with Crippen molar-refractivity contribution in [1.82, 2.24) is 10.2 Å². The average Bonchev–Trinajstić information content (AvgIpc) is 3.42. The summed E-state index contributed by atoms with van der Waals surface area (Å²) in [6.07, 6.45) is 7.69. The zero-order valence-corrected chi connectivity index (χ0v) is 17.8. The summed E-state index contributed by atoms with van der Waals surface area (Å²) in [5.41, 5.74) is 2.96. The van der Waals surface area contributed by atoms with E-state index in [9.17, 15) is 14.7 Å². The maximum absolute atomic E-state index is 13.0. The van der Waals surface area contributed by atoms with Gasteiger partial charge in [0.25, 0.3) is 0 Å². The highest BCUT2D eigenvalue weighted by Gasteiger charge is 2.41. The molecule has 1 aromatic rings. The Morgan fingerprint density at radius 2 is 2.03 bits per heavy atom. The Bertz CT molecular complexity index is 741. The van der Waals surface area contributed by atoms with Crippen molar-refractivity contribution in [3.05, 3.63) is 35.4 Å². The van der Waals surface area contributed by atoms with E-state index < -0.39 is 0 Å². The maximum Gasteiger partial charge on any atom is 0.223 e. The van der Waals surface area contributed by atoms with E-state index in [0.29, 0.717) is 24.8 Å². The number of nitrogens with one attached hydrogen (secondary N) is 1. The SMILES string of the molecule is O=C(C1SCN[C@@H]1CO)[C@@H]1CCCN1C(=O)CCC[C@@H]1CCc2ccccc2C1. The standard InChI is InChI=1S/C23H32N2O3S/c26-14-19-23(29-15-24-19)22(28)20-8-4-12-25(20)21(27)9-3-5-16-10-11-17-6-1-2-7-18(17)13-16/h1-2,6-7,16,19-20,23-24,26H,3-5,8-15H2/t16-,19-,20+,23?/m1/s1. The third-order valence-electron chi connectivity index (χ3n) is 6.80. The molecule has 6 heteroatoms. The van der Waals surface area contributed by atoms with Crippen molar-refractivity contribution in [1.29, 1.82) is 0 Å². The normalized spacial score (nSPS) is 29.1. The van der Waals surface area contributed by atoms with Gasteiger partial charge in [-0.1, -0.05) is 24.3 Å². The van der Waals surface area contributed by atoms with Crippen LogP contribution in [0.15, 0.2) is 24.3 Å². The lowest BCUT2D eigenvalue weighted by molar-refractivity contribution is -0.137. The molecule has 29 heavy (non-hydrogen) atoms. The largest absolute Gasteiger partial charge is 0.395 e. The molecule has 4 rings (SSSR count). The fourth-order valence-electron chi connectivity index (χ4n) is 5.16. The van der Waals surface area contributed by atoms with Gasteiger partial charge in [0.1, 0.15) is 0 Å². The van der Waals surface area contributed by atoms with Crippen LogP contribution in [-0.4, -0.2) is 58.1 Å². The van der Waals surface area contributed by atoms with Crippen LogP contribution in [0.1, 0.15) is 49.7 Å². The molecule has 0 bridgehead atoms. The molecule has 1 amide bonds. The fraction of sp³-hybridized carbons (Fsp3) is 0.652. The van der Waals surface area contributed by atoms with Gasteiger partial charge >= 0.3 is 0 Å². The number of fused-ring (bicyclic) bond motifs is 1. The van der Waals surface area contributed by atoms with Crippen LogP contribution in [0.5, 0.6) is 0 Å². The predicted octanol–water partition coefficient (Wildman–Crippen LogP) is 2.55. The summed E-state index contributed by atoms with van der Waals surface area (Å²) in [6, 6.07) is 8.24. The number of aliphatic hydroxyl groups excluding tert-OH is 1. The van der Waals surface area contributed by atoms with Crippen molar-refractivity contribution in [2.24, 2.45) is 5.92 Å².